The Balaban J connectivity index is 1.46. The van der Waals surface area contributed by atoms with Gasteiger partial charge in [-0.3, -0.25) is 9.78 Å². The van der Waals surface area contributed by atoms with Gasteiger partial charge in [-0.15, -0.1) is 11.8 Å². The van der Waals surface area contributed by atoms with Gasteiger partial charge >= 0.3 is 0 Å². The Morgan fingerprint density at radius 2 is 1.80 bits per heavy atom. The third-order valence-corrected chi connectivity index (χ3v) is 4.46. The number of benzene rings is 2. The van der Waals surface area contributed by atoms with Crippen LogP contribution in [0, 0.1) is 0 Å². The van der Waals surface area contributed by atoms with E-state index in [9.17, 15) is 4.79 Å². The van der Waals surface area contributed by atoms with Crippen molar-refractivity contribution in [3.8, 4) is 5.75 Å². The average Bonchev–Trinajstić information content (AvgIpc) is 2.67. The molecule has 1 aromatic heterocycles. The van der Waals surface area contributed by atoms with Gasteiger partial charge in [0.05, 0.1) is 0 Å². The smallest absolute Gasteiger partial charge is 0.262 e. The Kier molecular flexibility index (Phi) is 6.06. The minimum Gasteiger partial charge on any atom is -0.484 e. The zero-order chi connectivity index (χ0) is 17.3. The molecule has 0 bridgehead atoms. The molecule has 0 aliphatic carbocycles. The van der Waals surface area contributed by atoms with Crippen LogP contribution < -0.4 is 10.1 Å². The van der Waals surface area contributed by atoms with E-state index < -0.39 is 0 Å². The van der Waals surface area contributed by atoms with E-state index >= 15 is 0 Å². The molecule has 0 saturated heterocycles. The van der Waals surface area contributed by atoms with Gasteiger partial charge in [-0.1, -0.05) is 24.3 Å². The number of ether oxygens (including phenoxy) is 1. The maximum Gasteiger partial charge on any atom is 0.262 e. The number of hydrogen-bond donors (Lipinski definition) is 1. The minimum absolute atomic E-state index is 0.0124. The Morgan fingerprint density at radius 1 is 1.00 bits per heavy atom. The second-order valence-corrected chi connectivity index (χ2v) is 6.37. The van der Waals surface area contributed by atoms with Gasteiger partial charge in [-0.05, 0) is 48.0 Å². The monoisotopic (exact) mass is 350 g/mol. The standard InChI is InChI=1S/C20H18N2O2S/c23-20(14-24-18-6-2-1-3-7-18)22-17-8-10-19(11-9-17)25-15-16-5-4-12-21-13-16/h1-13H,14-15H2,(H,22,23). The highest BCUT2D eigenvalue weighted by molar-refractivity contribution is 7.98. The summed E-state index contributed by atoms with van der Waals surface area (Å²) in [5.41, 5.74) is 1.94. The molecule has 5 heteroatoms. The van der Waals surface area contributed by atoms with Crippen molar-refractivity contribution in [1.29, 1.82) is 0 Å². The molecule has 0 fully saturated rings. The van der Waals surface area contributed by atoms with Crippen molar-refractivity contribution in [3.05, 3.63) is 84.7 Å². The summed E-state index contributed by atoms with van der Waals surface area (Å²) in [7, 11) is 0. The van der Waals surface area contributed by atoms with Gasteiger partial charge in [0.2, 0.25) is 0 Å². The van der Waals surface area contributed by atoms with Gasteiger partial charge in [0, 0.05) is 28.7 Å². The fraction of sp³-hybridized carbons (Fsp3) is 0.100. The zero-order valence-corrected chi connectivity index (χ0v) is 14.4. The topological polar surface area (TPSA) is 51.2 Å². The van der Waals surface area contributed by atoms with Crippen LogP contribution >= 0.6 is 11.8 Å². The highest BCUT2D eigenvalue weighted by Crippen LogP contribution is 2.23. The summed E-state index contributed by atoms with van der Waals surface area (Å²) in [6.07, 6.45) is 3.64. The number of rotatable bonds is 7. The lowest BCUT2D eigenvalue weighted by molar-refractivity contribution is -0.118. The molecule has 0 saturated carbocycles. The SMILES string of the molecule is O=C(COc1ccccc1)Nc1ccc(SCc2cccnc2)cc1. The number of carbonyl (C=O) groups excluding carboxylic acids is 1. The second kappa shape index (κ2) is 8.89. The van der Waals surface area contributed by atoms with Crippen LogP contribution in [0.25, 0.3) is 0 Å². The van der Waals surface area contributed by atoms with Crippen LogP contribution in [0.3, 0.4) is 0 Å². The van der Waals surface area contributed by atoms with Crippen LogP contribution in [0.15, 0.2) is 84.0 Å². The van der Waals surface area contributed by atoms with Crippen LogP contribution in [0.5, 0.6) is 5.75 Å². The molecule has 25 heavy (non-hydrogen) atoms. The Morgan fingerprint density at radius 3 is 2.52 bits per heavy atom. The summed E-state index contributed by atoms with van der Waals surface area (Å²) in [6.45, 7) is -0.0124. The molecule has 3 aromatic rings. The van der Waals surface area contributed by atoms with Gasteiger partial charge in [0.1, 0.15) is 5.75 Å². The maximum atomic E-state index is 11.9. The van der Waals surface area contributed by atoms with Crippen molar-refractivity contribution in [3.63, 3.8) is 0 Å². The van der Waals surface area contributed by atoms with E-state index in [1.54, 1.807) is 18.0 Å². The molecule has 0 spiro atoms. The van der Waals surface area contributed by atoms with Gasteiger partial charge in [0.25, 0.3) is 5.91 Å². The van der Waals surface area contributed by atoms with Crippen molar-refractivity contribution in [2.75, 3.05) is 11.9 Å². The lowest BCUT2D eigenvalue weighted by Crippen LogP contribution is -2.20. The molecule has 3 rings (SSSR count). The van der Waals surface area contributed by atoms with Gasteiger partial charge in [0.15, 0.2) is 6.61 Å². The lowest BCUT2D eigenvalue weighted by atomic mass is 10.3. The molecule has 126 valence electrons. The number of anilines is 1. The van der Waals surface area contributed by atoms with Crippen molar-refractivity contribution >= 4 is 23.4 Å². The first-order valence-electron chi connectivity index (χ1n) is 7.89. The van der Waals surface area contributed by atoms with E-state index in [2.05, 4.69) is 16.4 Å². The molecule has 1 N–H and O–H groups in total. The predicted octanol–water partition coefficient (Wildman–Crippen LogP) is 4.39. The second-order valence-electron chi connectivity index (χ2n) is 5.32. The summed E-state index contributed by atoms with van der Waals surface area (Å²) in [6, 6.07) is 21.1. The number of carbonyl (C=O) groups is 1. The molecule has 0 unspecified atom stereocenters. The van der Waals surface area contributed by atoms with E-state index in [1.165, 1.54) is 5.56 Å². The number of thioether (sulfide) groups is 1. The molecule has 0 atom stereocenters. The zero-order valence-electron chi connectivity index (χ0n) is 13.6. The molecule has 1 amide bonds. The summed E-state index contributed by atoms with van der Waals surface area (Å²) in [5, 5.41) is 2.83. The molecule has 0 aliphatic heterocycles. The van der Waals surface area contributed by atoms with Crippen molar-refractivity contribution in [1.82, 2.24) is 4.98 Å². The predicted molar refractivity (Wildman–Crippen MR) is 101 cm³/mol. The first-order valence-corrected chi connectivity index (χ1v) is 8.87. The van der Waals surface area contributed by atoms with Crippen LogP contribution in [-0.2, 0) is 10.5 Å². The normalized spacial score (nSPS) is 10.2. The van der Waals surface area contributed by atoms with E-state index in [-0.39, 0.29) is 12.5 Å². The number of pyridine rings is 1. The van der Waals surface area contributed by atoms with Gasteiger partial charge < -0.3 is 10.1 Å². The van der Waals surface area contributed by atoms with E-state index in [1.807, 2.05) is 66.9 Å². The van der Waals surface area contributed by atoms with Gasteiger partial charge in [-0.25, -0.2) is 0 Å². The number of nitrogens with zero attached hydrogens (tertiary/aromatic N) is 1. The van der Waals surface area contributed by atoms with E-state index in [0.29, 0.717) is 5.75 Å². The number of amides is 1. The first kappa shape index (κ1) is 17.0. The summed E-state index contributed by atoms with van der Waals surface area (Å²) in [5.74, 6) is 1.36. The minimum atomic E-state index is -0.181. The van der Waals surface area contributed by atoms with Crippen LogP contribution in [0.4, 0.5) is 5.69 Å². The molecule has 1 heterocycles. The van der Waals surface area contributed by atoms with Crippen LogP contribution in [-0.4, -0.2) is 17.5 Å². The van der Waals surface area contributed by atoms with Crippen molar-refractivity contribution in [2.24, 2.45) is 0 Å². The fourth-order valence-electron chi connectivity index (χ4n) is 2.15. The number of nitrogens with one attached hydrogen (secondary N) is 1. The molecule has 0 aliphatic rings. The number of para-hydroxylation sites is 1. The fourth-order valence-corrected chi connectivity index (χ4v) is 2.98. The quantitative estimate of drug-likeness (QED) is 0.642. The highest BCUT2D eigenvalue weighted by atomic mass is 32.2. The van der Waals surface area contributed by atoms with E-state index in [0.717, 1.165) is 16.3 Å². The summed E-state index contributed by atoms with van der Waals surface area (Å²) >= 11 is 1.73. The maximum absolute atomic E-state index is 11.9. The van der Waals surface area contributed by atoms with Crippen molar-refractivity contribution < 1.29 is 9.53 Å². The number of aromatic nitrogens is 1. The largest absolute Gasteiger partial charge is 0.484 e. The Labute approximate surface area is 151 Å². The lowest BCUT2D eigenvalue weighted by Gasteiger charge is -2.08. The molecular weight excluding hydrogens is 332 g/mol. The highest BCUT2D eigenvalue weighted by Gasteiger charge is 2.04. The Bertz CT molecular complexity index is 793. The average molecular weight is 350 g/mol. The van der Waals surface area contributed by atoms with E-state index in [4.69, 9.17) is 4.74 Å². The van der Waals surface area contributed by atoms with Crippen LogP contribution in [0.1, 0.15) is 5.56 Å². The summed E-state index contributed by atoms with van der Waals surface area (Å²) in [4.78, 5) is 17.2. The number of hydrogen-bond acceptors (Lipinski definition) is 4. The first-order chi connectivity index (χ1) is 12.3. The van der Waals surface area contributed by atoms with Gasteiger partial charge in [-0.2, -0.15) is 0 Å². The van der Waals surface area contributed by atoms with Crippen LogP contribution in [0.2, 0.25) is 0 Å². The Hall–Kier alpha value is -2.79. The summed E-state index contributed by atoms with van der Waals surface area (Å²) < 4.78 is 5.43. The molecule has 2 aromatic carbocycles. The van der Waals surface area contributed by atoms with Crippen molar-refractivity contribution in [2.45, 2.75) is 10.6 Å². The molecule has 0 radical (unpaired) electrons. The molecule has 4 nitrogen and oxygen atoms in total. The third-order valence-electron chi connectivity index (χ3n) is 3.38. The molecular formula is C20H18N2O2S. The third kappa shape index (κ3) is 5.65.